The summed E-state index contributed by atoms with van der Waals surface area (Å²) in [6.07, 6.45) is 9.39. The summed E-state index contributed by atoms with van der Waals surface area (Å²) in [5.74, 6) is 1.44. The second-order valence-electron chi connectivity index (χ2n) is 11.8. The average molecular weight is 456 g/mol. The number of aliphatic hydroxyl groups excluding tert-OH is 1. The van der Waals surface area contributed by atoms with Crippen molar-refractivity contribution in [3.05, 3.63) is 22.8 Å². The number of rotatable bonds is 5. The molecule has 0 saturated heterocycles. The van der Waals surface area contributed by atoms with Gasteiger partial charge in [-0.05, 0) is 93.0 Å². The Hall–Kier alpha value is -1.75. The maximum absolute atomic E-state index is 13.3. The van der Waals surface area contributed by atoms with Crippen molar-refractivity contribution in [2.75, 3.05) is 0 Å². The summed E-state index contributed by atoms with van der Waals surface area (Å²) in [4.78, 5) is 37.7. The fourth-order valence-corrected chi connectivity index (χ4v) is 8.00. The Kier molecular flexibility index (Phi) is 6.50. The van der Waals surface area contributed by atoms with E-state index in [0.717, 1.165) is 44.1 Å². The predicted octanol–water partition coefficient (Wildman–Crippen LogP) is 4.68. The minimum atomic E-state index is -0.225. The molecule has 182 valence electrons. The number of ketones is 2. The highest BCUT2D eigenvalue weighted by Gasteiger charge is 2.59. The van der Waals surface area contributed by atoms with Crippen molar-refractivity contribution in [2.45, 2.75) is 105 Å². The van der Waals surface area contributed by atoms with Gasteiger partial charge in [-0.3, -0.25) is 14.4 Å². The first-order chi connectivity index (χ1) is 15.5. The Morgan fingerprint density at radius 2 is 1.82 bits per heavy atom. The van der Waals surface area contributed by atoms with Crippen LogP contribution in [0.1, 0.15) is 92.4 Å². The van der Waals surface area contributed by atoms with E-state index in [0.29, 0.717) is 42.6 Å². The molecule has 7 atom stereocenters. The van der Waals surface area contributed by atoms with Crippen molar-refractivity contribution in [2.24, 2.45) is 28.6 Å². The summed E-state index contributed by atoms with van der Waals surface area (Å²) in [7, 11) is 0. The van der Waals surface area contributed by atoms with Gasteiger partial charge in [0.05, 0.1) is 6.10 Å². The van der Waals surface area contributed by atoms with Crippen LogP contribution in [0, 0.1) is 28.6 Å². The molecule has 0 aromatic carbocycles. The minimum absolute atomic E-state index is 0.0404. The van der Waals surface area contributed by atoms with E-state index in [1.165, 1.54) is 12.5 Å². The molecule has 3 fully saturated rings. The van der Waals surface area contributed by atoms with Gasteiger partial charge >= 0.3 is 0 Å². The Balaban J connectivity index is 1.56. The van der Waals surface area contributed by atoms with E-state index in [9.17, 15) is 19.5 Å². The minimum Gasteiger partial charge on any atom is -0.393 e. The second-order valence-corrected chi connectivity index (χ2v) is 11.8. The summed E-state index contributed by atoms with van der Waals surface area (Å²) in [5, 5.41) is 13.0. The first-order valence-electron chi connectivity index (χ1n) is 12.9. The third kappa shape index (κ3) is 4.15. The molecule has 0 unspecified atom stereocenters. The molecule has 0 aliphatic heterocycles. The van der Waals surface area contributed by atoms with Gasteiger partial charge in [-0.1, -0.05) is 25.5 Å². The third-order valence-corrected chi connectivity index (χ3v) is 9.77. The lowest BCUT2D eigenvalue weighted by atomic mass is 9.47. The summed E-state index contributed by atoms with van der Waals surface area (Å²) in [6, 6.07) is -0.0553. The summed E-state index contributed by atoms with van der Waals surface area (Å²) in [6.45, 7) is 9.87. The molecule has 4 aliphatic rings. The normalized spacial score (nSPS) is 40.2. The van der Waals surface area contributed by atoms with Gasteiger partial charge < -0.3 is 10.4 Å². The Morgan fingerprint density at radius 1 is 1.12 bits per heavy atom. The number of aliphatic hydroxyl groups is 1. The Morgan fingerprint density at radius 3 is 2.52 bits per heavy atom. The zero-order valence-corrected chi connectivity index (χ0v) is 21.0. The van der Waals surface area contributed by atoms with Crippen LogP contribution in [0.4, 0.5) is 0 Å². The first-order valence-corrected chi connectivity index (χ1v) is 12.9. The predicted molar refractivity (Wildman–Crippen MR) is 128 cm³/mol. The van der Waals surface area contributed by atoms with Gasteiger partial charge in [0.1, 0.15) is 0 Å². The van der Waals surface area contributed by atoms with E-state index in [4.69, 9.17) is 0 Å². The molecule has 4 rings (SSSR count). The van der Waals surface area contributed by atoms with Crippen LogP contribution in [0.5, 0.6) is 0 Å². The monoisotopic (exact) mass is 455 g/mol. The molecule has 5 nitrogen and oxygen atoms in total. The van der Waals surface area contributed by atoms with Crippen molar-refractivity contribution < 1.29 is 19.5 Å². The highest BCUT2D eigenvalue weighted by Crippen LogP contribution is 2.65. The lowest BCUT2D eigenvalue weighted by Crippen LogP contribution is -2.49. The van der Waals surface area contributed by atoms with Crippen molar-refractivity contribution in [1.29, 1.82) is 0 Å². The molecule has 0 bridgehead atoms. The average Bonchev–Trinajstić information content (AvgIpc) is 3.01. The molecule has 3 saturated carbocycles. The van der Waals surface area contributed by atoms with Gasteiger partial charge in [-0.2, -0.15) is 0 Å². The van der Waals surface area contributed by atoms with Gasteiger partial charge in [-0.15, -0.1) is 0 Å². The highest BCUT2D eigenvalue weighted by molar-refractivity contribution is 6.08. The van der Waals surface area contributed by atoms with Gasteiger partial charge in [-0.25, -0.2) is 0 Å². The summed E-state index contributed by atoms with van der Waals surface area (Å²) in [5.41, 5.74) is 2.80. The fourth-order valence-electron chi connectivity index (χ4n) is 8.00. The maximum Gasteiger partial charge on any atom is 0.217 e. The number of amides is 1. The standard InChI is InChI=1S/C28H41NO4/c1-16(29-18(3)30)6-9-24(32)17(2)26-25(33)15-23-21-8-7-19-14-20(31)10-12-27(19,4)22(21)11-13-28(23,26)5/h7,16,20-23,31H,6,8-15H2,1-5H3,(H,29,30)/b26-17+/t16-,20-,21-,22+,23+,27-,28-/m0/s1. The molecule has 4 aliphatic carbocycles. The first kappa shape index (κ1) is 24.4. The summed E-state index contributed by atoms with van der Waals surface area (Å²) >= 11 is 0. The van der Waals surface area contributed by atoms with Crippen LogP contribution in [-0.4, -0.2) is 34.7 Å². The van der Waals surface area contributed by atoms with Gasteiger partial charge in [0.25, 0.3) is 0 Å². The fraction of sp³-hybridized carbons (Fsp3) is 0.750. The van der Waals surface area contributed by atoms with E-state index in [2.05, 4.69) is 25.2 Å². The number of Topliss-reactive ketones (excluding diaryl/α,β-unsaturated/α-hetero) is 2. The number of nitrogens with one attached hydrogen (secondary N) is 1. The molecule has 0 heterocycles. The number of carbonyl (C=O) groups is 3. The number of fused-ring (bicyclic) bond motifs is 5. The number of hydrogen-bond acceptors (Lipinski definition) is 4. The zero-order chi connectivity index (χ0) is 24.1. The molecule has 5 heteroatoms. The zero-order valence-electron chi connectivity index (χ0n) is 21.0. The van der Waals surface area contributed by atoms with Crippen molar-refractivity contribution in [1.82, 2.24) is 5.32 Å². The molecule has 0 radical (unpaired) electrons. The van der Waals surface area contributed by atoms with E-state index in [-0.39, 0.29) is 40.4 Å². The van der Waals surface area contributed by atoms with Gasteiger partial charge in [0.15, 0.2) is 11.6 Å². The molecule has 2 N–H and O–H groups in total. The van der Waals surface area contributed by atoms with Crippen molar-refractivity contribution >= 4 is 17.5 Å². The molecular weight excluding hydrogens is 414 g/mol. The van der Waals surface area contributed by atoms with Crippen LogP contribution in [0.2, 0.25) is 0 Å². The van der Waals surface area contributed by atoms with E-state index in [1.807, 2.05) is 13.8 Å². The van der Waals surface area contributed by atoms with E-state index >= 15 is 0 Å². The Bertz CT molecular complexity index is 917. The van der Waals surface area contributed by atoms with Crippen molar-refractivity contribution in [3.63, 3.8) is 0 Å². The molecule has 33 heavy (non-hydrogen) atoms. The molecule has 1 amide bonds. The van der Waals surface area contributed by atoms with Gasteiger partial charge in [0.2, 0.25) is 5.91 Å². The SMILES string of the molecule is CC(=O)N[C@@H](C)CCC(=O)/C(C)=C1\C(=O)C[C@@H]2[C@H]3CC=C4C[C@@H](O)CC[C@]4(C)[C@@H]3CC[C@]12C. The second kappa shape index (κ2) is 8.79. The van der Waals surface area contributed by atoms with E-state index in [1.54, 1.807) is 0 Å². The van der Waals surface area contributed by atoms with Gasteiger partial charge in [0, 0.05) is 31.4 Å². The lowest BCUT2D eigenvalue weighted by molar-refractivity contribution is -0.120. The lowest BCUT2D eigenvalue weighted by Gasteiger charge is -2.57. The Labute approximate surface area is 198 Å². The van der Waals surface area contributed by atoms with Crippen LogP contribution in [0.25, 0.3) is 0 Å². The van der Waals surface area contributed by atoms with Crippen LogP contribution >= 0.6 is 0 Å². The van der Waals surface area contributed by atoms with Crippen LogP contribution < -0.4 is 5.32 Å². The number of allylic oxidation sites excluding steroid dienone is 3. The van der Waals surface area contributed by atoms with Crippen LogP contribution in [0.15, 0.2) is 22.8 Å². The number of hydrogen-bond donors (Lipinski definition) is 2. The quantitative estimate of drug-likeness (QED) is 0.466. The molecule has 0 aromatic rings. The van der Waals surface area contributed by atoms with Crippen LogP contribution in [0.3, 0.4) is 0 Å². The largest absolute Gasteiger partial charge is 0.393 e. The van der Waals surface area contributed by atoms with Crippen molar-refractivity contribution in [3.8, 4) is 0 Å². The molecular formula is C28H41NO4. The highest BCUT2D eigenvalue weighted by atomic mass is 16.3. The summed E-state index contributed by atoms with van der Waals surface area (Å²) < 4.78 is 0. The topological polar surface area (TPSA) is 83.5 Å². The smallest absolute Gasteiger partial charge is 0.217 e. The number of carbonyl (C=O) groups excluding carboxylic acids is 3. The molecule has 0 spiro atoms. The molecule has 0 aromatic heterocycles. The van der Waals surface area contributed by atoms with Crippen LogP contribution in [-0.2, 0) is 14.4 Å². The maximum atomic E-state index is 13.3. The van der Waals surface area contributed by atoms with E-state index < -0.39 is 0 Å². The third-order valence-electron chi connectivity index (χ3n) is 9.77.